The fourth-order valence-electron chi connectivity index (χ4n) is 20.9. The smallest absolute Gasteiger partial charge is 0.255 e. The van der Waals surface area contributed by atoms with E-state index in [1.807, 2.05) is 42.5 Å². The first kappa shape index (κ1) is 91.9. The Bertz CT molecular complexity index is 5820. The molecule has 3 saturated carbocycles. The van der Waals surface area contributed by atoms with Crippen LogP contribution in [0.15, 0.2) is 154 Å². The number of carbonyl (C=O) groups is 9. The highest BCUT2D eigenvalue weighted by molar-refractivity contribution is 6.27. The average Bonchev–Trinajstić information content (AvgIpc) is 0.705. The molecule has 0 bridgehead atoms. The number of amides is 2. The van der Waals surface area contributed by atoms with Crippen molar-refractivity contribution in [3.63, 3.8) is 0 Å². The van der Waals surface area contributed by atoms with Crippen molar-refractivity contribution in [2.24, 2.45) is 47.0 Å². The maximum atomic E-state index is 14.2. The third-order valence-electron chi connectivity index (χ3n) is 26.8. The van der Waals surface area contributed by atoms with E-state index < -0.39 is 174 Å². The molecule has 6 aromatic carbocycles. The van der Waals surface area contributed by atoms with Crippen LogP contribution in [0.1, 0.15) is 87.4 Å². The summed E-state index contributed by atoms with van der Waals surface area (Å²) in [5.41, 5.74) is 7.32. The molecule has 0 unspecified atom stereocenters. The monoisotopic (exact) mass is 1770 g/mol. The number of hydrogen-bond donors (Lipinski definition) is 16. The molecular formula is C96H102N6O27. The fourth-order valence-corrected chi connectivity index (χ4v) is 20.9. The number of fused-ring (bicyclic) bond motifs is 9. The van der Waals surface area contributed by atoms with E-state index in [2.05, 4.69) is 4.90 Å². The van der Waals surface area contributed by atoms with E-state index in [0.29, 0.717) is 83.2 Å². The lowest BCUT2D eigenvalue weighted by Crippen LogP contribution is -2.65. The minimum atomic E-state index is -2.68. The summed E-state index contributed by atoms with van der Waals surface area (Å²) in [6.07, 6.45) is 8.99. The quantitative estimate of drug-likeness (QED) is 0.0411. The Balaban J connectivity index is 0.000000156. The number of nitrogens with two attached hydrogens (primary N) is 2. The number of rotatable bonds is 18. The van der Waals surface area contributed by atoms with Gasteiger partial charge in [0.15, 0.2) is 62.9 Å². The lowest BCUT2D eigenvalue weighted by Gasteiger charge is -2.50. The number of phenols is 5. The molecule has 678 valence electrons. The minimum absolute atomic E-state index is 0.0118. The molecule has 6 aromatic rings. The standard InChI is InChI=1S/C34H38N2O9.2C31H32N2O9/c1-17(37)26-31(40)29(35(2)3)23-15-19-14-22-20(21-13-18(5-8-25(21)44-4)16-36-9-11-45-12-10-36)6-7-24(38)28(22)30(39)27(19)33(42)34(23,43)32(26)41;2*1-33(2)25-18-13-16-12-17-15(6-4-5-14-7-9-19(34)21(11-14)42-3)8-10-20(35)23(17)26(36)22(16)28(38)31(18,41)29(39)24(27(25)37)30(32)40/h5-8,13,19,23,29,38-39,41,43H,9-12,14-16H2,1-4H3;2*4,6-11,16,18,25,34-36,39,41H,5,12-13H2,1-3H3,(H2,32,40)/b;2*6-4-/t19-,23-,29-,34+;2*16-,18-,25-,31-/m000/s1. The van der Waals surface area contributed by atoms with Crippen LogP contribution in [0.2, 0.25) is 0 Å². The molecule has 10 aliphatic rings. The largest absolute Gasteiger partial charge is 0.508 e. The van der Waals surface area contributed by atoms with Gasteiger partial charge in [-0.15, -0.1) is 0 Å². The average molecular weight is 1770 g/mol. The van der Waals surface area contributed by atoms with Crippen LogP contribution in [0.25, 0.3) is 40.6 Å². The van der Waals surface area contributed by atoms with E-state index in [1.54, 1.807) is 91.9 Å². The number of hydrogen-bond acceptors (Lipinski definition) is 31. The maximum Gasteiger partial charge on any atom is 0.255 e. The number of nitrogens with zero attached hydrogens (tertiary/aromatic N) is 4. The summed E-state index contributed by atoms with van der Waals surface area (Å²) in [5, 5.41) is 155. The Hall–Kier alpha value is -13.3. The van der Waals surface area contributed by atoms with Crippen LogP contribution in [-0.2, 0) is 86.5 Å². The SMILES string of the molecule is COc1cc(C/C=C\c2ccc(O)c3c2C[C@H]2C[C@H]4[C@H](N(C)C)C(=O)C(C(N)=O)=C(O)[C@@]4(O)C(=O)C2=C3O)ccc1O.COc1cc(C/C=C\c2ccc(O)c3c2C[C@H]2C[C@H]4[C@H](N(C)C)C(=O)C(C(N)=O)=C(O)[C@@]4(O)C(=O)C2=C3O)ccc1O.COc1ccc(CN2CCOCC2)cc1-c1ccc(O)c2c1C[C@H]1C[C@H]3[C@H](N(C)C)C(=O)C(C(C)=O)=C(O)[C@@]3(O)C(=O)C1=C2O. The number of aliphatic hydroxyl groups excluding tert-OH is 6. The van der Waals surface area contributed by atoms with Crippen molar-refractivity contribution >= 4 is 81.7 Å². The van der Waals surface area contributed by atoms with E-state index in [1.165, 1.54) is 59.3 Å². The van der Waals surface area contributed by atoms with Crippen molar-refractivity contribution in [2.75, 3.05) is 89.9 Å². The number of phenolic OH excluding ortho intramolecular Hbond substituents is 5. The highest BCUT2D eigenvalue weighted by Crippen LogP contribution is 2.58. The van der Waals surface area contributed by atoms with Crippen LogP contribution < -0.4 is 25.7 Å². The molecule has 18 N–H and O–H groups in total. The number of aromatic hydroxyl groups is 5. The second kappa shape index (κ2) is 35.1. The molecule has 4 fully saturated rings. The molecule has 33 nitrogen and oxygen atoms in total. The molecule has 16 rings (SSSR count). The van der Waals surface area contributed by atoms with Gasteiger partial charge in [0, 0.05) is 59.7 Å². The topological polar surface area (TPSA) is 539 Å². The van der Waals surface area contributed by atoms with Crippen molar-refractivity contribution in [3.05, 3.63) is 215 Å². The number of Topliss-reactive ketones (excluding diaryl/α,β-unsaturated/α-hetero) is 7. The first-order valence-corrected chi connectivity index (χ1v) is 41.8. The molecule has 0 radical (unpaired) electrons. The van der Waals surface area contributed by atoms with Crippen molar-refractivity contribution in [3.8, 4) is 57.1 Å². The van der Waals surface area contributed by atoms with Crippen LogP contribution in [0.5, 0.6) is 46.0 Å². The van der Waals surface area contributed by atoms with Crippen molar-refractivity contribution in [1.82, 2.24) is 19.6 Å². The van der Waals surface area contributed by atoms with Crippen molar-refractivity contribution < 1.29 is 134 Å². The van der Waals surface area contributed by atoms with Crippen LogP contribution in [0.3, 0.4) is 0 Å². The summed E-state index contributed by atoms with van der Waals surface area (Å²) in [4.78, 5) is 125. The Morgan fingerprint density at radius 1 is 0.442 bits per heavy atom. The van der Waals surface area contributed by atoms with Gasteiger partial charge in [-0.2, -0.15) is 0 Å². The summed E-state index contributed by atoms with van der Waals surface area (Å²) in [5.74, 6) is -18.3. The summed E-state index contributed by atoms with van der Waals surface area (Å²) >= 11 is 0. The Kier molecular flexibility index (Phi) is 25.0. The first-order chi connectivity index (χ1) is 61.0. The zero-order valence-corrected chi connectivity index (χ0v) is 72.4. The summed E-state index contributed by atoms with van der Waals surface area (Å²) in [6.45, 7) is 4.76. The van der Waals surface area contributed by atoms with Gasteiger partial charge in [0.2, 0.25) is 17.3 Å². The third kappa shape index (κ3) is 15.3. The van der Waals surface area contributed by atoms with Crippen LogP contribution in [0.4, 0.5) is 0 Å². The molecule has 0 aromatic heterocycles. The molecule has 1 saturated heterocycles. The Labute approximate surface area is 740 Å². The fraction of sp³-hybridized carbons (Fsp3) is 0.365. The van der Waals surface area contributed by atoms with Gasteiger partial charge in [0.05, 0.1) is 69.4 Å². The van der Waals surface area contributed by atoms with E-state index in [-0.39, 0.29) is 101 Å². The maximum absolute atomic E-state index is 14.2. The normalized spacial score (nSPS) is 26.0. The number of ketones is 7. The molecular weight excluding hydrogens is 1670 g/mol. The van der Waals surface area contributed by atoms with Crippen LogP contribution in [0, 0.1) is 35.5 Å². The van der Waals surface area contributed by atoms with Gasteiger partial charge >= 0.3 is 0 Å². The molecule has 129 heavy (non-hydrogen) atoms. The van der Waals surface area contributed by atoms with Gasteiger partial charge in [-0.3, -0.25) is 62.8 Å². The molecule has 12 atom stereocenters. The number of methoxy groups -OCH3 is 3. The molecule has 0 spiro atoms. The van der Waals surface area contributed by atoms with E-state index in [9.17, 15) is 115 Å². The van der Waals surface area contributed by atoms with Gasteiger partial charge in [-0.1, -0.05) is 60.7 Å². The van der Waals surface area contributed by atoms with Crippen LogP contribution in [-0.4, -0.2) is 268 Å². The van der Waals surface area contributed by atoms with E-state index >= 15 is 0 Å². The van der Waals surface area contributed by atoms with Gasteiger partial charge in [-0.25, -0.2) is 0 Å². The number of ether oxygens (including phenoxy) is 4. The second-order valence-electron chi connectivity index (χ2n) is 34.8. The number of carbonyl (C=O) groups excluding carboxylic acids is 9. The summed E-state index contributed by atoms with van der Waals surface area (Å²) in [7, 11) is 13.9. The van der Waals surface area contributed by atoms with E-state index in [4.69, 9.17) is 30.4 Å². The van der Waals surface area contributed by atoms with Crippen molar-refractivity contribution in [1.29, 1.82) is 0 Å². The number of likely N-dealkylation sites (N-methyl/N-ethyl adjacent to an activating group) is 3. The number of allylic oxidation sites excluding steroid dienone is 2. The zero-order valence-electron chi connectivity index (χ0n) is 72.4. The van der Waals surface area contributed by atoms with Gasteiger partial charge < -0.3 is 102 Å². The number of morpholine rings is 1. The number of benzene rings is 6. The Morgan fingerprint density at radius 2 is 0.783 bits per heavy atom. The molecule has 2 amide bonds. The second-order valence-corrected chi connectivity index (χ2v) is 34.8. The lowest BCUT2D eigenvalue weighted by molar-refractivity contribution is -0.155. The zero-order chi connectivity index (χ0) is 93.7. The molecule has 33 heteroatoms. The summed E-state index contributed by atoms with van der Waals surface area (Å²) in [6, 6.07) is 21.9. The lowest BCUT2D eigenvalue weighted by atomic mass is 9.57. The summed E-state index contributed by atoms with van der Waals surface area (Å²) < 4.78 is 21.5. The third-order valence-corrected chi connectivity index (χ3v) is 26.8. The van der Waals surface area contributed by atoms with Crippen LogP contribution >= 0.6 is 0 Å². The number of primary amides is 2. The molecule has 1 aliphatic heterocycles. The minimum Gasteiger partial charge on any atom is -0.508 e. The highest BCUT2D eigenvalue weighted by Gasteiger charge is 2.68. The molecule has 1 heterocycles. The highest BCUT2D eigenvalue weighted by atomic mass is 16.5. The van der Waals surface area contributed by atoms with Gasteiger partial charge in [0.1, 0.15) is 74.3 Å². The predicted octanol–water partition coefficient (Wildman–Crippen LogP) is 6.44. The van der Waals surface area contributed by atoms with Gasteiger partial charge in [0.25, 0.3) is 11.8 Å². The first-order valence-electron chi connectivity index (χ1n) is 41.8. The Morgan fingerprint density at radius 3 is 1.15 bits per heavy atom. The number of aliphatic hydroxyl groups is 9. The van der Waals surface area contributed by atoms with Gasteiger partial charge in [-0.05, 0) is 223 Å². The van der Waals surface area contributed by atoms with E-state index in [0.717, 1.165) is 42.3 Å². The molecule has 9 aliphatic carbocycles. The predicted molar refractivity (Wildman–Crippen MR) is 467 cm³/mol. The van der Waals surface area contributed by atoms with Crippen molar-refractivity contribution in [2.45, 2.75) is 99.8 Å².